The van der Waals surface area contributed by atoms with Crippen molar-refractivity contribution >= 4 is 11.3 Å². The van der Waals surface area contributed by atoms with Crippen molar-refractivity contribution in [2.24, 2.45) is 0 Å². The third-order valence-electron chi connectivity index (χ3n) is 5.80. The van der Waals surface area contributed by atoms with Gasteiger partial charge < -0.3 is 5.11 Å². The second-order valence-electron chi connectivity index (χ2n) is 7.37. The van der Waals surface area contributed by atoms with Gasteiger partial charge in [-0.25, -0.2) is 0 Å². The van der Waals surface area contributed by atoms with Crippen molar-refractivity contribution < 1.29 is 5.11 Å². The molecule has 0 bridgehead atoms. The average molecular weight is 305 g/mol. The lowest BCUT2D eigenvalue weighted by molar-refractivity contribution is 0.0486. The van der Waals surface area contributed by atoms with Gasteiger partial charge in [0.2, 0.25) is 0 Å². The minimum Gasteiger partial charge on any atom is -0.388 e. The molecule has 1 aromatic heterocycles. The maximum atomic E-state index is 10.4. The van der Waals surface area contributed by atoms with Crippen molar-refractivity contribution in [2.45, 2.75) is 81.9 Å². The van der Waals surface area contributed by atoms with Crippen LogP contribution in [0.25, 0.3) is 0 Å². The Morgan fingerprint density at radius 3 is 2.67 bits per heavy atom. The van der Waals surface area contributed by atoms with E-state index in [2.05, 4.69) is 17.0 Å². The van der Waals surface area contributed by atoms with Crippen molar-refractivity contribution in [1.29, 1.82) is 0 Å². The van der Waals surface area contributed by atoms with E-state index in [1.807, 2.05) is 11.3 Å². The second-order valence-corrected chi connectivity index (χ2v) is 8.57. The van der Waals surface area contributed by atoms with E-state index < -0.39 is 0 Å². The van der Waals surface area contributed by atoms with Crippen LogP contribution in [0, 0.1) is 0 Å². The van der Waals surface area contributed by atoms with E-state index in [0.29, 0.717) is 6.04 Å². The van der Waals surface area contributed by atoms with Crippen molar-refractivity contribution in [3.05, 3.63) is 21.9 Å². The molecule has 1 N–H and O–H groups in total. The smallest absolute Gasteiger partial charge is 0.0804 e. The fourth-order valence-corrected chi connectivity index (χ4v) is 5.58. The van der Waals surface area contributed by atoms with Crippen molar-refractivity contribution in [3.8, 4) is 0 Å². The standard InChI is InChI=1S/C18H27NOS/c20-18(10-11-18)17-7-4-12-19(17)13-15-8-9-16(21-15)14-5-2-1-3-6-14/h8-9,14,17,20H,1-7,10-13H2. The van der Waals surface area contributed by atoms with E-state index in [1.165, 1.54) is 56.4 Å². The topological polar surface area (TPSA) is 23.5 Å². The molecule has 2 heterocycles. The highest BCUT2D eigenvalue weighted by Gasteiger charge is 2.51. The Hall–Kier alpha value is -0.380. The van der Waals surface area contributed by atoms with Crippen LogP contribution in [0.15, 0.2) is 12.1 Å². The molecule has 0 radical (unpaired) electrons. The van der Waals surface area contributed by atoms with E-state index in [-0.39, 0.29) is 5.60 Å². The van der Waals surface area contributed by atoms with E-state index in [0.717, 1.165) is 25.3 Å². The summed E-state index contributed by atoms with van der Waals surface area (Å²) in [4.78, 5) is 5.67. The predicted molar refractivity (Wildman–Crippen MR) is 87.8 cm³/mol. The zero-order chi connectivity index (χ0) is 14.3. The van der Waals surface area contributed by atoms with Gasteiger partial charge in [0.1, 0.15) is 0 Å². The predicted octanol–water partition coefficient (Wildman–Crippen LogP) is 4.29. The van der Waals surface area contributed by atoms with E-state index in [4.69, 9.17) is 0 Å². The molecule has 0 aromatic carbocycles. The second kappa shape index (κ2) is 5.68. The van der Waals surface area contributed by atoms with Gasteiger partial charge in [0.15, 0.2) is 0 Å². The summed E-state index contributed by atoms with van der Waals surface area (Å²) in [6.45, 7) is 2.23. The first-order valence-corrected chi connectivity index (χ1v) is 9.61. The average Bonchev–Trinajstić information content (AvgIpc) is 2.95. The van der Waals surface area contributed by atoms with E-state index in [1.54, 1.807) is 4.88 Å². The normalized spacial score (nSPS) is 29.9. The first kappa shape index (κ1) is 14.2. The number of nitrogens with zero attached hydrogens (tertiary/aromatic N) is 1. The highest BCUT2D eigenvalue weighted by Crippen LogP contribution is 2.45. The monoisotopic (exact) mass is 305 g/mol. The molecule has 1 atom stereocenters. The van der Waals surface area contributed by atoms with Crippen molar-refractivity contribution in [1.82, 2.24) is 4.90 Å². The van der Waals surface area contributed by atoms with Crippen LogP contribution < -0.4 is 0 Å². The van der Waals surface area contributed by atoms with Crippen LogP contribution in [0.1, 0.15) is 73.5 Å². The third kappa shape index (κ3) is 2.93. The lowest BCUT2D eigenvalue weighted by Gasteiger charge is -2.28. The first-order valence-electron chi connectivity index (χ1n) is 8.80. The van der Waals surface area contributed by atoms with Gasteiger partial charge in [-0.3, -0.25) is 4.90 Å². The van der Waals surface area contributed by atoms with Crippen LogP contribution in [-0.4, -0.2) is 28.2 Å². The van der Waals surface area contributed by atoms with Crippen LogP contribution in [0.3, 0.4) is 0 Å². The number of aliphatic hydroxyl groups is 1. The molecule has 0 amide bonds. The van der Waals surface area contributed by atoms with E-state index in [9.17, 15) is 5.11 Å². The molecule has 3 fully saturated rings. The summed E-state index contributed by atoms with van der Waals surface area (Å²) in [5.41, 5.74) is -0.333. The zero-order valence-electron chi connectivity index (χ0n) is 12.9. The molecular formula is C18H27NOS. The number of thiophene rings is 1. The van der Waals surface area contributed by atoms with Crippen molar-refractivity contribution in [2.75, 3.05) is 6.54 Å². The van der Waals surface area contributed by atoms with Crippen LogP contribution >= 0.6 is 11.3 Å². The summed E-state index contributed by atoms with van der Waals surface area (Å²) in [6.07, 6.45) is 11.5. The van der Waals surface area contributed by atoms with Gasteiger partial charge in [-0.2, -0.15) is 0 Å². The molecule has 3 aliphatic rings. The Bertz CT molecular complexity index is 487. The highest BCUT2D eigenvalue weighted by molar-refractivity contribution is 7.12. The Morgan fingerprint density at radius 1 is 1.10 bits per heavy atom. The van der Waals surface area contributed by atoms with Gasteiger partial charge in [0, 0.05) is 22.3 Å². The van der Waals surface area contributed by atoms with Crippen LogP contribution in [-0.2, 0) is 6.54 Å². The first-order chi connectivity index (χ1) is 10.2. The molecule has 2 aliphatic carbocycles. The quantitative estimate of drug-likeness (QED) is 0.897. The molecule has 2 saturated carbocycles. The van der Waals surface area contributed by atoms with Crippen LogP contribution in [0.2, 0.25) is 0 Å². The van der Waals surface area contributed by atoms with Gasteiger partial charge >= 0.3 is 0 Å². The summed E-state index contributed by atoms with van der Waals surface area (Å²) in [7, 11) is 0. The van der Waals surface area contributed by atoms with Crippen molar-refractivity contribution in [3.63, 3.8) is 0 Å². The van der Waals surface area contributed by atoms with Gasteiger partial charge in [0.05, 0.1) is 5.60 Å². The van der Waals surface area contributed by atoms with Crippen LogP contribution in [0.5, 0.6) is 0 Å². The lowest BCUT2D eigenvalue weighted by Crippen LogP contribution is -2.39. The Labute approximate surface area is 132 Å². The van der Waals surface area contributed by atoms with E-state index >= 15 is 0 Å². The molecule has 0 spiro atoms. The largest absolute Gasteiger partial charge is 0.388 e. The molecule has 2 nitrogen and oxygen atoms in total. The third-order valence-corrected chi connectivity index (χ3v) is 7.03. The summed E-state index contributed by atoms with van der Waals surface area (Å²) in [5.74, 6) is 0.833. The van der Waals surface area contributed by atoms with Gasteiger partial charge in [-0.1, -0.05) is 19.3 Å². The molecule has 3 heteroatoms. The molecule has 1 aromatic rings. The summed E-state index contributed by atoms with van der Waals surface area (Å²) in [5, 5.41) is 10.4. The minimum atomic E-state index is -0.333. The van der Waals surface area contributed by atoms with Crippen LogP contribution in [0.4, 0.5) is 0 Å². The number of likely N-dealkylation sites (tertiary alicyclic amines) is 1. The molecule has 1 aliphatic heterocycles. The fourth-order valence-electron chi connectivity index (χ4n) is 4.37. The SMILES string of the molecule is OC1(C2CCCN2Cc2ccc(C3CCCCC3)s2)CC1. The highest BCUT2D eigenvalue weighted by atomic mass is 32.1. The maximum Gasteiger partial charge on any atom is 0.0804 e. The number of hydrogen-bond donors (Lipinski definition) is 1. The van der Waals surface area contributed by atoms with Gasteiger partial charge in [-0.15, -0.1) is 11.3 Å². The zero-order valence-corrected chi connectivity index (χ0v) is 13.7. The number of rotatable bonds is 4. The molecule has 116 valence electrons. The summed E-state index contributed by atoms with van der Waals surface area (Å²) >= 11 is 2.04. The summed E-state index contributed by atoms with van der Waals surface area (Å²) in [6, 6.07) is 5.16. The summed E-state index contributed by atoms with van der Waals surface area (Å²) < 4.78 is 0. The van der Waals surface area contributed by atoms with Gasteiger partial charge in [0.25, 0.3) is 0 Å². The molecule has 21 heavy (non-hydrogen) atoms. The lowest BCUT2D eigenvalue weighted by atomic mass is 9.88. The minimum absolute atomic E-state index is 0.333. The molecule has 1 saturated heterocycles. The Kier molecular flexibility index (Phi) is 3.85. The Balaban J connectivity index is 1.41. The molecular weight excluding hydrogens is 278 g/mol. The fraction of sp³-hybridized carbons (Fsp3) is 0.778. The van der Waals surface area contributed by atoms with Gasteiger partial charge in [-0.05, 0) is 63.1 Å². The molecule has 4 rings (SSSR count). The Morgan fingerprint density at radius 2 is 1.90 bits per heavy atom. The maximum absolute atomic E-state index is 10.4. The number of hydrogen-bond acceptors (Lipinski definition) is 3. The molecule has 1 unspecified atom stereocenters.